The fourth-order valence-electron chi connectivity index (χ4n) is 1.74. The molecule has 0 aliphatic heterocycles. The topological polar surface area (TPSA) is 93.6 Å². The Bertz CT molecular complexity index is 519. The predicted octanol–water partition coefficient (Wildman–Crippen LogP) is 2.12. The van der Waals surface area contributed by atoms with Gasteiger partial charge in [0.1, 0.15) is 11.6 Å². The normalized spacial score (nSPS) is 11.1. The molecule has 86 valence electrons. The van der Waals surface area contributed by atoms with Gasteiger partial charge in [0.05, 0.1) is 10.4 Å². The maximum Gasteiger partial charge on any atom is 0.185 e. The lowest BCUT2D eigenvalue weighted by Crippen LogP contribution is -1.99. The molecule has 0 fully saturated rings. The number of halogens is 1. The van der Waals surface area contributed by atoms with E-state index in [1.807, 2.05) is 0 Å². The molecule has 0 bridgehead atoms. The highest BCUT2D eigenvalue weighted by Crippen LogP contribution is 2.32. The second-order valence-electron chi connectivity index (χ2n) is 3.73. The van der Waals surface area contributed by atoms with Crippen LogP contribution in [0.5, 0.6) is 0 Å². The number of rotatable bonds is 3. The van der Waals surface area contributed by atoms with Gasteiger partial charge < -0.3 is 11.5 Å². The first-order valence-corrected chi connectivity index (χ1v) is 5.60. The van der Waals surface area contributed by atoms with Crippen LogP contribution in [0.1, 0.15) is 25.3 Å². The van der Waals surface area contributed by atoms with Gasteiger partial charge in [-0.15, -0.1) is 0 Å². The highest BCUT2D eigenvalue weighted by molar-refractivity contribution is 6.34. The Labute approximate surface area is 98.2 Å². The molecular formula is C10H14ClN5. The fraction of sp³-hybridized carbons (Fsp3) is 0.400. The minimum atomic E-state index is 0.312. The zero-order valence-corrected chi connectivity index (χ0v) is 9.80. The number of nitrogens with one attached hydrogen (secondary N) is 1. The van der Waals surface area contributed by atoms with Gasteiger partial charge in [0, 0.05) is 0 Å². The highest BCUT2D eigenvalue weighted by atomic mass is 35.5. The molecule has 0 saturated carbocycles. The molecule has 0 aromatic carbocycles. The van der Waals surface area contributed by atoms with Gasteiger partial charge in [-0.2, -0.15) is 5.10 Å². The number of aryl methyl sites for hydroxylation is 1. The summed E-state index contributed by atoms with van der Waals surface area (Å²) in [6, 6.07) is 0. The van der Waals surface area contributed by atoms with E-state index in [4.69, 9.17) is 23.1 Å². The lowest BCUT2D eigenvalue weighted by atomic mass is 10.1. The van der Waals surface area contributed by atoms with Gasteiger partial charge in [-0.1, -0.05) is 24.9 Å². The van der Waals surface area contributed by atoms with Crippen LogP contribution in [-0.4, -0.2) is 15.2 Å². The second-order valence-corrected chi connectivity index (χ2v) is 4.11. The van der Waals surface area contributed by atoms with Crippen LogP contribution in [0.25, 0.3) is 11.0 Å². The van der Waals surface area contributed by atoms with Crippen LogP contribution in [0.2, 0.25) is 5.02 Å². The van der Waals surface area contributed by atoms with Crippen molar-refractivity contribution < 1.29 is 0 Å². The van der Waals surface area contributed by atoms with Crippen LogP contribution in [0.4, 0.5) is 11.6 Å². The molecule has 2 aromatic rings. The van der Waals surface area contributed by atoms with Crippen molar-refractivity contribution in [1.82, 2.24) is 15.2 Å². The van der Waals surface area contributed by atoms with Gasteiger partial charge in [0.2, 0.25) is 0 Å². The Kier molecular flexibility index (Phi) is 2.87. The van der Waals surface area contributed by atoms with Crippen molar-refractivity contribution >= 4 is 34.3 Å². The summed E-state index contributed by atoms with van der Waals surface area (Å²) >= 11 is 6.15. The van der Waals surface area contributed by atoms with Gasteiger partial charge >= 0.3 is 0 Å². The van der Waals surface area contributed by atoms with Gasteiger partial charge in [-0.05, 0) is 18.4 Å². The molecule has 5 nitrogen and oxygen atoms in total. The van der Waals surface area contributed by atoms with E-state index in [1.165, 1.54) is 0 Å². The number of nitrogens with two attached hydrogens (primary N) is 2. The number of unbranched alkanes of at least 4 members (excludes halogenated alkanes) is 1. The number of aromatic nitrogens is 3. The third kappa shape index (κ3) is 1.67. The largest absolute Gasteiger partial charge is 0.384 e. The first-order valence-electron chi connectivity index (χ1n) is 5.22. The van der Waals surface area contributed by atoms with Crippen molar-refractivity contribution in [3.63, 3.8) is 0 Å². The molecule has 5 N–H and O–H groups in total. The summed E-state index contributed by atoms with van der Waals surface area (Å²) in [5, 5.41) is 7.98. The molecule has 0 radical (unpaired) electrons. The van der Waals surface area contributed by atoms with Crippen LogP contribution in [-0.2, 0) is 6.42 Å². The summed E-state index contributed by atoms with van der Waals surface area (Å²) in [5.74, 6) is 0.808. The average molecular weight is 240 g/mol. The number of hydrogen-bond acceptors (Lipinski definition) is 4. The number of H-pyrrole nitrogens is 1. The van der Waals surface area contributed by atoms with Gasteiger partial charge in [0.15, 0.2) is 5.65 Å². The first-order chi connectivity index (χ1) is 7.65. The SMILES string of the molecule is CCCCc1c(Cl)c(N)nc2n[nH]c(N)c12. The summed E-state index contributed by atoms with van der Waals surface area (Å²) in [4.78, 5) is 4.09. The van der Waals surface area contributed by atoms with Gasteiger partial charge in [0.25, 0.3) is 0 Å². The van der Waals surface area contributed by atoms with E-state index in [2.05, 4.69) is 22.1 Å². The Morgan fingerprint density at radius 3 is 2.81 bits per heavy atom. The van der Waals surface area contributed by atoms with Crippen molar-refractivity contribution in [3.05, 3.63) is 10.6 Å². The number of nitrogens with zero attached hydrogens (tertiary/aromatic N) is 2. The van der Waals surface area contributed by atoms with E-state index >= 15 is 0 Å². The zero-order chi connectivity index (χ0) is 11.7. The molecule has 2 heterocycles. The maximum atomic E-state index is 6.15. The maximum absolute atomic E-state index is 6.15. The smallest absolute Gasteiger partial charge is 0.185 e. The number of anilines is 2. The van der Waals surface area contributed by atoms with Crippen molar-refractivity contribution in [2.75, 3.05) is 11.5 Å². The minimum Gasteiger partial charge on any atom is -0.384 e. The molecule has 0 unspecified atom stereocenters. The fourth-order valence-corrected chi connectivity index (χ4v) is 1.97. The molecule has 0 amide bonds. The summed E-state index contributed by atoms with van der Waals surface area (Å²) in [5.41, 5.74) is 13.0. The first kappa shape index (κ1) is 11.0. The van der Waals surface area contributed by atoms with E-state index in [-0.39, 0.29) is 0 Å². The van der Waals surface area contributed by atoms with E-state index in [9.17, 15) is 0 Å². The van der Waals surface area contributed by atoms with Crippen LogP contribution in [0.15, 0.2) is 0 Å². The molecule has 0 spiro atoms. The third-order valence-electron chi connectivity index (χ3n) is 2.57. The summed E-state index contributed by atoms with van der Waals surface area (Å²) in [6.07, 6.45) is 2.95. The average Bonchev–Trinajstić information content (AvgIpc) is 2.61. The van der Waals surface area contributed by atoms with E-state index in [0.29, 0.717) is 22.3 Å². The number of pyridine rings is 1. The summed E-state index contributed by atoms with van der Waals surface area (Å²) in [6.45, 7) is 2.12. The van der Waals surface area contributed by atoms with Gasteiger partial charge in [-0.3, -0.25) is 5.10 Å². The highest BCUT2D eigenvalue weighted by Gasteiger charge is 2.15. The molecule has 6 heteroatoms. The van der Waals surface area contributed by atoms with Crippen molar-refractivity contribution in [1.29, 1.82) is 0 Å². The monoisotopic (exact) mass is 239 g/mol. The number of fused-ring (bicyclic) bond motifs is 1. The number of aromatic amines is 1. The Morgan fingerprint density at radius 1 is 1.38 bits per heavy atom. The lowest BCUT2D eigenvalue weighted by Gasteiger charge is -2.07. The lowest BCUT2D eigenvalue weighted by molar-refractivity contribution is 0.799. The number of hydrogen-bond donors (Lipinski definition) is 3. The van der Waals surface area contributed by atoms with Crippen molar-refractivity contribution in [2.45, 2.75) is 26.2 Å². The third-order valence-corrected chi connectivity index (χ3v) is 3.00. The molecule has 16 heavy (non-hydrogen) atoms. The molecule has 2 rings (SSSR count). The molecule has 0 saturated heterocycles. The van der Waals surface area contributed by atoms with E-state index < -0.39 is 0 Å². The molecule has 0 aliphatic carbocycles. The van der Waals surface area contributed by atoms with Crippen LogP contribution >= 0.6 is 11.6 Å². The van der Waals surface area contributed by atoms with Crippen LogP contribution in [0, 0.1) is 0 Å². The van der Waals surface area contributed by atoms with Crippen LogP contribution < -0.4 is 11.5 Å². The Balaban J connectivity index is 2.64. The minimum absolute atomic E-state index is 0.312. The summed E-state index contributed by atoms with van der Waals surface area (Å²) < 4.78 is 0. The van der Waals surface area contributed by atoms with Crippen LogP contribution in [0.3, 0.4) is 0 Å². The van der Waals surface area contributed by atoms with E-state index in [0.717, 1.165) is 30.2 Å². The quantitative estimate of drug-likeness (QED) is 0.765. The van der Waals surface area contributed by atoms with Crippen molar-refractivity contribution in [2.24, 2.45) is 0 Å². The molecular weight excluding hydrogens is 226 g/mol. The molecule has 2 aromatic heterocycles. The predicted molar refractivity (Wildman–Crippen MR) is 66.3 cm³/mol. The van der Waals surface area contributed by atoms with E-state index in [1.54, 1.807) is 0 Å². The zero-order valence-electron chi connectivity index (χ0n) is 9.05. The second kappa shape index (κ2) is 4.17. The Morgan fingerprint density at radius 2 is 2.12 bits per heavy atom. The van der Waals surface area contributed by atoms with Crippen molar-refractivity contribution in [3.8, 4) is 0 Å². The molecule has 0 aliphatic rings. The standard InChI is InChI=1S/C10H14ClN5/c1-2-3-4-5-6-8(12)15-16-10(6)14-9(13)7(5)11/h2-4H2,1H3,(H5,12,13,14,15,16). The summed E-state index contributed by atoms with van der Waals surface area (Å²) in [7, 11) is 0. The number of nitrogen functional groups attached to an aromatic ring is 2. The Hall–Kier alpha value is -1.49. The van der Waals surface area contributed by atoms with Gasteiger partial charge in [-0.25, -0.2) is 4.98 Å². The molecule has 0 atom stereocenters.